The molecule has 0 unspecified atom stereocenters. The van der Waals surface area contributed by atoms with E-state index in [2.05, 4.69) is 30.3 Å². The maximum absolute atomic E-state index is 2.49. The van der Waals surface area contributed by atoms with Crippen molar-refractivity contribution in [3.8, 4) is 0 Å². The van der Waals surface area contributed by atoms with Crippen molar-refractivity contribution in [2.75, 3.05) is 33.9 Å². The van der Waals surface area contributed by atoms with Crippen LogP contribution in [-0.4, -0.2) is 43.7 Å². The van der Waals surface area contributed by atoms with Crippen molar-refractivity contribution >= 4 is 0 Å². The van der Waals surface area contributed by atoms with Crippen LogP contribution in [0.15, 0.2) is 0 Å². The Balaban J connectivity index is 2.13. The zero-order valence-corrected chi connectivity index (χ0v) is 7.01. The van der Waals surface area contributed by atoms with Crippen molar-refractivity contribution in [3.05, 3.63) is 6.42 Å². The summed E-state index contributed by atoms with van der Waals surface area (Å²) >= 11 is 0. The zero-order valence-electron chi connectivity index (χ0n) is 7.01. The third-order valence-corrected chi connectivity index (χ3v) is 1.78. The lowest BCUT2D eigenvalue weighted by Gasteiger charge is -2.28. The Morgan fingerprint density at radius 2 is 1.90 bits per heavy atom. The van der Waals surface area contributed by atoms with E-state index in [0.29, 0.717) is 0 Å². The lowest BCUT2D eigenvalue weighted by atomic mass is 10.1. The minimum Gasteiger partial charge on any atom is -0.297 e. The highest BCUT2D eigenvalue weighted by atomic mass is 15.3. The van der Waals surface area contributed by atoms with E-state index in [-0.39, 0.29) is 0 Å². The lowest BCUT2D eigenvalue weighted by Crippen LogP contribution is -2.37. The fourth-order valence-electron chi connectivity index (χ4n) is 1.35. The van der Waals surface area contributed by atoms with Gasteiger partial charge in [-0.3, -0.25) is 9.80 Å². The van der Waals surface area contributed by atoms with E-state index in [4.69, 9.17) is 0 Å². The van der Waals surface area contributed by atoms with Crippen molar-refractivity contribution < 1.29 is 0 Å². The summed E-state index contributed by atoms with van der Waals surface area (Å²) in [6, 6.07) is 0. The summed E-state index contributed by atoms with van der Waals surface area (Å²) < 4.78 is 0. The minimum atomic E-state index is 1.12. The molecule has 1 aliphatic heterocycles. The molecule has 1 rings (SSSR count). The monoisotopic (exact) mass is 141 g/mol. The molecule has 1 fully saturated rings. The average molecular weight is 141 g/mol. The van der Waals surface area contributed by atoms with Crippen LogP contribution in [0.4, 0.5) is 0 Å². The quantitative estimate of drug-likeness (QED) is 0.561. The second-order valence-corrected chi connectivity index (χ2v) is 3.21. The van der Waals surface area contributed by atoms with Gasteiger partial charge in [-0.25, -0.2) is 0 Å². The molecule has 0 spiro atoms. The number of hydrogen-bond acceptors (Lipinski definition) is 2. The van der Waals surface area contributed by atoms with Crippen LogP contribution >= 0.6 is 0 Å². The average Bonchev–Trinajstić information content (AvgIpc) is 1.88. The topological polar surface area (TPSA) is 6.48 Å². The Bertz CT molecular complexity index is 85.3. The van der Waals surface area contributed by atoms with E-state index in [0.717, 1.165) is 6.67 Å². The standard InChI is InChI=1S/C8H17N2/c1-9(2)8-10-6-4-3-5-7-10/h3H,4-8H2,1-2H3. The molecule has 0 aliphatic carbocycles. The van der Waals surface area contributed by atoms with Gasteiger partial charge in [0.25, 0.3) is 0 Å². The molecule has 0 atom stereocenters. The Labute approximate surface area is 63.8 Å². The maximum atomic E-state index is 2.49. The molecular weight excluding hydrogens is 124 g/mol. The van der Waals surface area contributed by atoms with Gasteiger partial charge in [-0.1, -0.05) is 0 Å². The lowest BCUT2D eigenvalue weighted by molar-refractivity contribution is 0.165. The maximum Gasteiger partial charge on any atom is 0.0500 e. The van der Waals surface area contributed by atoms with Crippen molar-refractivity contribution in [1.29, 1.82) is 0 Å². The molecule has 1 radical (unpaired) electrons. The largest absolute Gasteiger partial charge is 0.297 e. The van der Waals surface area contributed by atoms with Gasteiger partial charge < -0.3 is 0 Å². The molecule has 10 heavy (non-hydrogen) atoms. The van der Waals surface area contributed by atoms with Crippen LogP contribution in [-0.2, 0) is 0 Å². The minimum absolute atomic E-state index is 1.12. The summed E-state index contributed by atoms with van der Waals surface area (Å²) in [7, 11) is 4.25. The van der Waals surface area contributed by atoms with Gasteiger partial charge in [0.05, 0.1) is 6.67 Å². The van der Waals surface area contributed by atoms with Gasteiger partial charge >= 0.3 is 0 Å². The summed E-state index contributed by atoms with van der Waals surface area (Å²) in [5, 5.41) is 0. The number of piperidine rings is 1. The molecule has 0 aromatic rings. The predicted octanol–water partition coefficient (Wildman–Crippen LogP) is 0.806. The SMILES string of the molecule is CN(C)CN1CC[CH]CC1. The highest BCUT2D eigenvalue weighted by Crippen LogP contribution is 2.06. The Hall–Kier alpha value is -0.0800. The van der Waals surface area contributed by atoms with Crippen LogP contribution in [0.5, 0.6) is 0 Å². The second kappa shape index (κ2) is 3.94. The molecule has 0 bridgehead atoms. The molecule has 0 N–H and O–H groups in total. The Morgan fingerprint density at radius 1 is 1.30 bits per heavy atom. The van der Waals surface area contributed by atoms with E-state index in [1.165, 1.54) is 25.9 Å². The molecular formula is C8H17N2. The molecule has 0 saturated carbocycles. The van der Waals surface area contributed by atoms with Crippen LogP contribution < -0.4 is 0 Å². The molecule has 0 aromatic heterocycles. The normalized spacial score (nSPS) is 21.9. The molecule has 0 aromatic carbocycles. The molecule has 1 saturated heterocycles. The number of likely N-dealkylation sites (tertiary alicyclic amines) is 1. The van der Waals surface area contributed by atoms with Gasteiger partial charge in [-0.15, -0.1) is 0 Å². The fourth-order valence-corrected chi connectivity index (χ4v) is 1.35. The van der Waals surface area contributed by atoms with Crippen LogP contribution in [0.1, 0.15) is 12.8 Å². The summed E-state index contributed by atoms with van der Waals surface area (Å²) in [4.78, 5) is 4.71. The predicted molar refractivity (Wildman–Crippen MR) is 43.7 cm³/mol. The number of hydrogen-bond donors (Lipinski definition) is 0. The first-order valence-corrected chi connectivity index (χ1v) is 3.98. The molecule has 1 aliphatic rings. The summed E-state index contributed by atoms with van der Waals surface area (Å²) in [6.07, 6.45) is 4.92. The molecule has 0 amide bonds. The van der Waals surface area contributed by atoms with Gasteiger partial charge in [-0.05, 0) is 46.4 Å². The van der Waals surface area contributed by atoms with E-state index < -0.39 is 0 Å². The van der Waals surface area contributed by atoms with Gasteiger partial charge in [0.2, 0.25) is 0 Å². The van der Waals surface area contributed by atoms with Crippen molar-refractivity contribution in [2.45, 2.75) is 12.8 Å². The van der Waals surface area contributed by atoms with Crippen molar-refractivity contribution in [3.63, 3.8) is 0 Å². The first-order chi connectivity index (χ1) is 4.79. The van der Waals surface area contributed by atoms with Crippen molar-refractivity contribution in [2.24, 2.45) is 0 Å². The Morgan fingerprint density at radius 3 is 2.40 bits per heavy atom. The van der Waals surface area contributed by atoms with Gasteiger partial charge in [0, 0.05) is 0 Å². The van der Waals surface area contributed by atoms with Crippen LogP contribution in [0.3, 0.4) is 0 Å². The summed E-state index contributed by atoms with van der Waals surface area (Å²) in [5.74, 6) is 0. The third-order valence-electron chi connectivity index (χ3n) is 1.78. The zero-order chi connectivity index (χ0) is 7.40. The Kier molecular flexibility index (Phi) is 3.16. The van der Waals surface area contributed by atoms with E-state index in [1.54, 1.807) is 0 Å². The first kappa shape index (κ1) is 8.02. The smallest absolute Gasteiger partial charge is 0.0500 e. The fraction of sp³-hybridized carbons (Fsp3) is 0.875. The number of rotatable bonds is 2. The van der Waals surface area contributed by atoms with Crippen LogP contribution in [0.25, 0.3) is 0 Å². The number of nitrogens with zero attached hydrogens (tertiary/aromatic N) is 2. The van der Waals surface area contributed by atoms with Gasteiger partial charge in [-0.2, -0.15) is 0 Å². The van der Waals surface area contributed by atoms with Crippen LogP contribution in [0, 0.1) is 6.42 Å². The third kappa shape index (κ3) is 2.67. The van der Waals surface area contributed by atoms with E-state index in [1.807, 2.05) is 0 Å². The summed E-state index contributed by atoms with van der Waals surface area (Å²) in [5.41, 5.74) is 0. The molecule has 2 nitrogen and oxygen atoms in total. The van der Waals surface area contributed by atoms with Gasteiger partial charge in [0.15, 0.2) is 0 Å². The van der Waals surface area contributed by atoms with E-state index >= 15 is 0 Å². The van der Waals surface area contributed by atoms with Crippen LogP contribution in [0.2, 0.25) is 0 Å². The van der Waals surface area contributed by atoms with E-state index in [9.17, 15) is 0 Å². The van der Waals surface area contributed by atoms with Crippen molar-refractivity contribution in [1.82, 2.24) is 9.80 Å². The summed E-state index contributed by atoms with van der Waals surface area (Å²) in [6.45, 7) is 3.62. The molecule has 2 heteroatoms. The highest BCUT2D eigenvalue weighted by molar-refractivity contribution is 4.75. The first-order valence-electron chi connectivity index (χ1n) is 3.98. The molecule has 59 valence electrons. The highest BCUT2D eigenvalue weighted by Gasteiger charge is 2.09. The molecule has 1 heterocycles. The second-order valence-electron chi connectivity index (χ2n) is 3.21. The van der Waals surface area contributed by atoms with Gasteiger partial charge in [0.1, 0.15) is 0 Å².